The van der Waals surface area contributed by atoms with E-state index < -0.39 is 11.7 Å². The number of rotatable bonds is 2. The van der Waals surface area contributed by atoms with Crippen molar-refractivity contribution in [3.8, 4) is 0 Å². The van der Waals surface area contributed by atoms with Gasteiger partial charge in [0, 0.05) is 6.04 Å². The fourth-order valence-corrected chi connectivity index (χ4v) is 0.972. The van der Waals surface area contributed by atoms with Crippen LogP contribution in [0.3, 0.4) is 0 Å². The van der Waals surface area contributed by atoms with Crippen LogP contribution >= 0.6 is 0 Å². The third kappa shape index (κ3) is 2.42. The van der Waals surface area contributed by atoms with Crippen LogP contribution in [0.1, 0.15) is 24.2 Å². The predicted octanol–water partition coefficient (Wildman–Crippen LogP) is 0.941. The summed E-state index contributed by atoms with van der Waals surface area (Å²) in [5.74, 6) is -0.956. The zero-order valence-electron chi connectivity index (χ0n) is 8.04. The topological polar surface area (TPSA) is 68.0 Å². The zero-order valence-corrected chi connectivity index (χ0v) is 8.04. The van der Waals surface area contributed by atoms with Crippen LogP contribution in [0, 0.1) is 5.82 Å². The van der Waals surface area contributed by atoms with E-state index in [4.69, 9.17) is 5.73 Å². The Morgan fingerprint density at radius 1 is 1.64 bits per heavy atom. The third-order valence-electron chi connectivity index (χ3n) is 1.55. The molecule has 0 aliphatic heterocycles. The number of carbonyl (C=O) groups is 1. The molecular formula is C9H12FN3O. The van der Waals surface area contributed by atoms with E-state index in [1.807, 2.05) is 0 Å². The van der Waals surface area contributed by atoms with Gasteiger partial charge in [-0.3, -0.25) is 4.79 Å². The van der Waals surface area contributed by atoms with Crippen LogP contribution in [0.25, 0.3) is 0 Å². The number of anilines is 1. The largest absolute Gasteiger partial charge is 0.383 e. The van der Waals surface area contributed by atoms with Gasteiger partial charge in [-0.25, -0.2) is 9.37 Å². The van der Waals surface area contributed by atoms with Gasteiger partial charge >= 0.3 is 0 Å². The van der Waals surface area contributed by atoms with Gasteiger partial charge in [-0.05, 0) is 19.9 Å². The first kappa shape index (κ1) is 10.4. The summed E-state index contributed by atoms with van der Waals surface area (Å²) in [7, 11) is 0. The quantitative estimate of drug-likeness (QED) is 0.741. The molecule has 1 amide bonds. The van der Waals surface area contributed by atoms with Crippen molar-refractivity contribution in [1.29, 1.82) is 0 Å². The highest BCUT2D eigenvalue weighted by Crippen LogP contribution is 2.09. The van der Waals surface area contributed by atoms with Gasteiger partial charge in [-0.15, -0.1) is 0 Å². The van der Waals surface area contributed by atoms with Crippen LogP contribution in [0.4, 0.5) is 10.2 Å². The van der Waals surface area contributed by atoms with Gasteiger partial charge in [-0.1, -0.05) is 0 Å². The van der Waals surface area contributed by atoms with Crippen molar-refractivity contribution in [3.63, 3.8) is 0 Å². The summed E-state index contributed by atoms with van der Waals surface area (Å²) in [6, 6.07) is 1.05. The van der Waals surface area contributed by atoms with Crippen molar-refractivity contribution >= 4 is 11.7 Å². The molecule has 0 fully saturated rings. The smallest absolute Gasteiger partial charge is 0.255 e. The molecular weight excluding hydrogens is 185 g/mol. The van der Waals surface area contributed by atoms with Gasteiger partial charge in [0.25, 0.3) is 5.91 Å². The van der Waals surface area contributed by atoms with E-state index in [1.54, 1.807) is 13.8 Å². The van der Waals surface area contributed by atoms with Crippen molar-refractivity contribution in [2.45, 2.75) is 19.9 Å². The molecule has 3 N–H and O–H groups in total. The van der Waals surface area contributed by atoms with Crippen LogP contribution in [0.15, 0.2) is 12.3 Å². The summed E-state index contributed by atoms with van der Waals surface area (Å²) in [4.78, 5) is 15.0. The van der Waals surface area contributed by atoms with E-state index in [9.17, 15) is 9.18 Å². The number of hydrogen-bond acceptors (Lipinski definition) is 3. The third-order valence-corrected chi connectivity index (χ3v) is 1.55. The molecule has 14 heavy (non-hydrogen) atoms. The zero-order chi connectivity index (χ0) is 10.7. The molecule has 4 nitrogen and oxygen atoms in total. The highest BCUT2D eigenvalue weighted by Gasteiger charge is 2.12. The highest BCUT2D eigenvalue weighted by molar-refractivity contribution is 5.98. The van der Waals surface area contributed by atoms with Crippen molar-refractivity contribution in [2.24, 2.45) is 0 Å². The van der Waals surface area contributed by atoms with Gasteiger partial charge in [0.2, 0.25) is 0 Å². The first-order valence-electron chi connectivity index (χ1n) is 4.22. The summed E-state index contributed by atoms with van der Waals surface area (Å²) in [5, 5.41) is 2.60. The molecule has 0 aliphatic carbocycles. The Labute approximate surface area is 81.3 Å². The molecule has 0 saturated heterocycles. The molecule has 5 heteroatoms. The molecule has 76 valence electrons. The summed E-state index contributed by atoms with van der Waals surface area (Å²) >= 11 is 0. The minimum absolute atomic E-state index is 0.0230. The number of pyridine rings is 1. The lowest BCUT2D eigenvalue weighted by Gasteiger charge is -2.09. The standard InChI is InChI=1S/C9H12FN3O/c1-5(2)13-9(14)7-3-6(10)4-12-8(7)11/h3-5H,1-2H3,(H2,11,12)(H,13,14). The number of halogens is 1. The molecule has 0 atom stereocenters. The van der Waals surface area contributed by atoms with Crippen molar-refractivity contribution in [2.75, 3.05) is 5.73 Å². The normalized spacial score (nSPS) is 10.3. The predicted molar refractivity (Wildman–Crippen MR) is 51.2 cm³/mol. The maximum Gasteiger partial charge on any atom is 0.255 e. The van der Waals surface area contributed by atoms with Gasteiger partial charge in [0.05, 0.1) is 11.8 Å². The highest BCUT2D eigenvalue weighted by atomic mass is 19.1. The number of aromatic nitrogens is 1. The van der Waals surface area contributed by atoms with Crippen molar-refractivity contribution < 1.29 is 9.18 Å². The number of hydrogen-bond donors (Lipinski definition) is 2. The van der Waals surface area contributed by atoms with Gasteiger partial charge in [-0.2, -0.15) is 0 Å². The minimum atomic E-state index is -0.576. The number of nitrogens with zero attached hydrogens (tertiary/aromatic N) is 1. The van der Waals surface area contributed by atoms with Crippen LogP contribution in [-0.2, 0) is 0 Å². The summed E-state index contributed by atoms with van der Waals surface area (Å²) in [6.45, 7) is 3.61. The van der Waals surface area contributed by atoms with Crippen LogP contribution in [0.5, 0.6) is 0 Å². The maximum atomic E-state index is 12.7. The molecule has 0 unspecified atom stereocenters. The SMILES string of the molecule is CC(C)NC(=O)c1cc(F)cnc1N. The van der Waals surface area contributed by atoms with E-state index in [1.165, 1.54) is 0 Å². The number of nitrogen functional groups attached to an aromatic ring is 1. The number of nitrogens with two attached hydrogens (primary N) is 1. The van der Waals surface area contributed by atoms with Crippen LogP contribution in [-0.4, -0.2) is 16.9 Å². The molecule has 0 spiro atoms. The Balaban J connectivity index is 2.94. The lowest BCUT2D eigenvalue weighted by atomic mass is 10.2. The Morgan fingerprint density at radius 2 is 2.29 bits per heavy atom. The maximum absolute atomic E-state index is 12.7. The van der Waals surface area contributed by atoms with E-state index in [-0.39, 0.29) is 17.4 Å². The van der Waals surface area contributed by atoms with Gasteiger partial charge in [0.1, 0.15) is 11.6 Å². The molecule has 0 bridgehead atoms. The Kier molecular flexibility index (Phi) is 3.01. The first-order chi connectivity index (χ1) is 6.50. The Bertz CT molecular complexity index is 352. The second-order valence-corrected chi connectivity index (χ2v) is 3.21. The summed E-state index contributed by atoms with van der Waals surface area (Å²) in [5.41, 5.74) is 5.50. The van der Waals surface area contributed by atoms with E-state index >= 15 is 0 Å². The van der Waals surface area contributed by atoms with Crippen LogP contribution < -0.4 is 11.1 Å². The minimum Gasteiger partial charge on any atom is -0.383 e. The molecule has 1 aromatic heterocycles. The Morgan fingerprint density at radius 3 is 2.86 bits per heavy atom. The van der Waals surface area contributed by atoms with Gasteiger partial charge < -0.3 is 11.1 Å². The second kappa shape index (κ2) is 4.04. The fourth-order valence-electron chi connectivity index (χ4n) is 0.972. The molecule has 1 heterocycles. The summed E-state index contributed by atoms with van der Waals surface area (Å²) in [6.07, 6.45) is 0.974. The molecule has 0 radical (unpaired) electrons. The van der Waals surface area contributed by atoms with E-state index in [2.05, 4.69) is 10.3 Å². The molecule has 0 aromatic carbocycles. The Hall–Kier alpha value is -1.65. The molecule has 1 aromatic rings. The fraction of sp³-hybridized carbons (Fsp3) is 0.333. The van der Waals surface area contributed by atoms with Crippen molar-refractivity contribution in [1.82, 2.24) is 10.3 Å². The first-order valence-corrected chi connectivity index (χ1v) is 4.22. The molecule has 1 rings (SSSR count). The van der Waals surface area contributed by atoms with Crippen molar-refractivity contribution in [3.05, 3.63) is 23.6 Å². The van der Waals surface area contributed by atoms with E-state index in [0.29, 0.717) is 0 Å². The number of amides is 1. The lowest BCUT2D eigenvalue weighted by molar-refractivity contribution is 0.0943. The average molecular weight is 197 g/mol. The second-order valence-electron chi connectivity index (χ2n) is 3.21. The average Bonchev–Trinajstić information content (AvgIpc) is 2.08. The van der Waals surface area contributed by atoms with Crippen LogP contribution in [0.2, 0.25) is 0 Å². The van der Waals surface area contributed by atoms with Gasteiger partial charge in [0.15, 0.2) is 0 Å². The molecule has 0 saturated carbocycles. The molecule has 0 aliphatic rings. The summed E-state index contributed by atoms with van der Waals surface area (Å²) < 4.78 is 12.7. The number of nitrogens with one attached hydrogen (secondary N) is 1. The lowest BCUT2D eigenvalue weighted by Crippen LogP contribution is -2.30. The monoisotopic (exact) mass is 197 g/mol. The van der Waals surface area contributed by atoms with E-state index in [0.717, 1.165) is 12.3 Å². The number of carbonyl (C=O) groups excluding carboxylic acids is 1.